The summed E-state index contributed by atoms with van der Waals surface area (Å²) in [6, 6.07) is 5.86. The van der Waals surface area contributed by atoms with Crippen LogP contribution < -0.4 is 9.64 Å². The van der Waals surface area contributed by atoms with E-state index in [2.05, 4.69) is 30.1 Å². The van der Waals surface area contributed by atoms with Crippen LogP contribution in [0.25, 0.3) is 0 Å². The molecule has 0 saturated heterocycles. The van der Waals surface area contributed by atoms with Crippen LogP contribution in [0.3, 0.4) is 0 Å². The maximum Gasteiger partial charge on any atom is 0.262 e. The predicted molar refractivity (Wildman–Crippen MR) is 83.5 cm³/mol. The van der Waals surface area contributed by atoms with Crippen molar-refractivity contribution in [3.05, 3.63) is 41.2 Å². The molecule has 0 atom stereocenters. The molecule has 0 spiro atoms. The first-order valence-corrected chi connectivity index (χ1v) is 7.68. The van der Waals surface area contributed by atoms with Crippen molar-refractivity contribution < 1.29 is 9.53 Å². The lowest BCUT2D eigenvalue weighted by molar-refractivity contribution is 0.0981. The SMILES string of the molecule is CC1(C)COc2c(C(=O)N3CCCc4[nH]ncc43)cccc21. The molecule has 114 valence electrons. The van der Waals surface area contributed by atoms with E-state index in [9.17, 15) is 4.79 Å². The molecule has 0 aliphatic carbocycles. The number of para-hydroxylation sites is 1. The van der Waals surface area contributed by atoms with Crippen molar-refractivity contribution in [1.29, 1.82) is 0 Å². The van der Waals surface area contributed by atoms with E-state index in [1.165, 1.54) is 0 Å². The van der Waals surface area contributed by atoms with Crippen molar-refractivity contribution in [3.8, 4) is 5.75 Å². The number of anilines is 1. The summed E-state index contributed by atoms with van der Waals surface area (Å²) in [6.07, 6.45) is 3.62. The maximum absolute atomic E-state index is 13.0. The number of aromatic nitrogens is 2. The summed E-state index contributed by atoms with van der Waals surface area (Å²) < 4.78 is 5.86. The number of aryl methyl sites for hydroxylation is 1. The quantitative estimate of drug-likeness (QED) is 0.880. The summed E-state index contributed by atoms with van der Waals surface area (Å²) in [5.41, 5.74) is 3.65. The normalized spacial score (nSPS) is 18.5. The third-order valence-electron chi connectivity index (χ3n) is 4.59. The van der Waals surface area contributed by atoms with Crippen LogP contribution >= 0.6 is 0 Å². The second-order valence-corrected chi connectivity index (χ2v) is 6.65. The number of hydrogen-bond acceptors (Lipinski definition) is 3. The highest BCUT2D eigenvalue weighted by Crippen LogP contribution is 2.41. The van der Waals surface area contributed by atoms with Gasteiger partial charge >= 0.3 is 0 Å². The first-order chi connectivity index (χ1) is 10.6. The molecule has 0 unspecified atom stereocenters. The second-order valence-electron chi connectivity index (χ2n) is 6.65. The molecule has 1 N–H and O–H groups in total. The Labute approximate surface area is 129 Å². The molecule has 2 aromatic rings. The van der Waals surface area contributed by atoms with Crippen molar-refractivity contribution in [2.24, 2.45) is 0 Å². The molecule has 1 aromatic carbocycles. The lowest BCUT2D eigenvalue weighted by Gasteiger charge is -2.27. The smallest absolute Gasteiger partial charge is 0.262 e. The number of carbonyl (C=O) groups is 1. The number of aromatic amines is 1. The Morgan fingerprint density at radius 1 is 1.41 bits per heavy atom. The Hall–Kier alpha value is -2.30. The van der Waals surface area contributed by atoms with Gasteiger partial charge in [0.25, 0.3) is 5.91 Å². The minimum Gasteiger partial charge on any atom is -0.492 e. The van der Waals surface area contributed by atoms with E-state index in [0.29, 0.717) is 12.2 Å². The first-order valence-electron chi connectivity index (χ1n) is 7.68. The average molecular weight is 297 g/mol. The van der Waals surface area contributed by atoms with Crippen LogP contribution in [-0.4, -0.2) is 29.3 Å². The first kappa shape index (κ1) is 13.4. The van der Waals surface area contributed by atoms with E-state index < -0.39 is 0 Å². The van der Waals surface area contributed by atoms with E-state index in [4.69, 9.17) is 4.74 Å². The van der Waals surface area contributed by atoms with Crippen LogP contribution in [0.2, 0.25) is 0 Å². The molecule has 1 aromatic heterocycles. The third-order valence-corrected chi connectivity index (χ3v) is 4.59. The Kier molecular flexibility index (Phi) is 2.79. The molecule has 5 nitrogen and oxygen atoms in total. The van der Waals surface area contributed by atoms with Crippen molar-refractivity contribution in [2.75, 3.05) is 18.1 Å². The van der Waals surface area contributed by atoms with Crippen LogP contribution in [0.15, 0.2) is 24.4 Å². The number of nitrogens with zero attached hydrogens (tertiary/aromatic N) is 2. The lowest BCUT2D eigenvalue weighted by atomic mass is 9.86. The molecule has 0 radical (unpaired) electrons. The molecule has 1 amide bonds. The zero-order valence-corrected chi connectivity index (χ0v) is 12.8. The fraction of sp³-hybridized carbons (Fsp3) is 0.412. The number of amides is 1. The number of carbonyl (C=O) groups excluding carboxylic acids is 1. The molecular formula is C17H19N3O2. The summed E-state index contributed by atoms with van der Waals surface area (Å²) in [5, 5.41) is 7.06. The Morgan fingerprint density at radius 2 is 2.27 bits per heavy atom. The van der Waals surface area contributed by atoms with Gasteiger partial charge in [0.1, 0.15) is 5.75 Å². The molecule has 0 fully saturated rings. The summed E-state index contributed by atoms with van der Waals surface area (Å²) in [7, 11) is 0. The van der Waals surface area contributed by atoms with Crippen molar-refractivity contribution in [3.63, 3.8) is 0 Å². The largest absolute Gasteiger partial charge is 0.492 e. The van der Waals surface area contributed by atoms with E-state index in [1.54, 1.807) is 6.20 Å². The molecule has 0 bridgehead atoms. The highest BCUT2D eigenvalue weighted by molar-refractivity contribution is 6.08. The van der Waals surface area contributed by atoms with Gasteiger partial charge in [-0.05, 0) is 18.9 Å². The Balaban J connectivity index is 1.76. The maximum atomic E-state index is 13.0. The topological polar surface area (TPSA) is 58.2 Å². The molecule has 5 heteroatoms. The second kappa shape index (κ2) is 4.60. The monoisotopic (exact) mass is 297 g/mol. The van der Waals surface area contributed by atoms with Gasteiger partial charge in [0.2, 0.25) is 0 Å². The van der Waals surface area contributed by atoms with Crippen molar-refractivity contribution in [1.82, 2.24) is 10.2 Å². The van der Waals surface area contributed by atoms with Gasteiger partial charge in [-0.2, -0.15) is 5.10 Å². The number of rotatable bonds is 1. The van der Waals surface area contributed by atoms with Gasteiger partial charge < -0.3 is 9.64 Å². The third kappa shape index (κ3) is 1.85. The highest BCUT2D eigenvalue weighted by atomic mass is 16.5. The van der Waals surface area contributed by atoms with Gasteiger partial charge in [0.15, 0.2) is 0 Å². The lowest BCUT2D eigenvalue weighted by Crippen LogP contribution is -2.35. The van der Waals surface area contributed by atoms with Gasteiger partial charge in [-0.25, -0.2) is 0 Å². The number of hydrogen-bond donors (Lipinski definition) is 1. The standard InChI is InChI=1S/C17H19N3O2/c1-17(2)10-22-15-11(5-3-6-12(15)17)16(21)20-8-4-7-13-14(20)9-18-19-13/h3,5-6,9H,4,7-8,10H2,1-2H3,(H,18,19). The number of ether oxygens (including phenoxy) is 1. The average Bonchev–Trinajstić information content (AvgIpc) is 3.11. The fourth-order valence-corrected chi connectivity index (χ4v) is 3.34. The van der Waals surface area contributed by atoms with Crippen LogP contribution in [0.5, 0.6) is 5.75 Å². The van der Waals surface area contributed by atoms with Crippen molar-refractivity contribution >= 4 is 11.6 Å². The molecule has 3 heterocycles. The Morgan fingerprint density at radius 3 is 3.14 bits per heavy atom. The van der Waals surface area contributed by atoms with Crippen LogP contribution in [0.4, 0.5) is 5.69 Å². The van der Waals surface area contributed by atoms with E-state index in [-0.39, 0.29) is 11.3 Å². The summed E-state index contributed by atoms with van der Waals surface area (Å²) in [4.78, 5) is 14.8. The number of fused-ring (bicyclic) bond motifs is 2. The number of H-pyrrole nitrogens is 1. The van der Waals surface area contributed by atoms with Gasteiger partial charge in [-0.15, -0.1) is 0 Å². The van der Waals surface area contributed by atoms with Crippen LogP contribution in [0.1, 0.15) is 41.9 Å². The van der Waals surface area contributed by atoms with Crippen LogP contribution in [0, 0.1) is 0 Å². The molecule has 2 aliphatic rings. The van der Waals surface area contributed by atoms with E-state index in [1.807, 2.05) is 17.0 Å². The van der Waals surface area contributed by atoms with Gasteiger partial charge in [-0.1, -0.05) is 26.0 Å². The van der Waals surface area contributed by atoms with Gasteiger partial charge in [-0.3, -0.25) is 9.89 Å². The zero-order valence-electron chi connectivity index (χ0n) is 12.8. The Bertz CT molecular complexity index is 748. The van der Waals surface area contributed by atoms with Gasteiger partial charge in [0, 0.05) is 17.5 Å². The minimum absolute atomic E-state index is 0.00287. The summed E-state index contributed by atoms with van der Waals surface area (Å²) in [5.74, 6) is 0.741. The fourth-order valence-electron chi connectivity index (χ4n) is 3.34. The molecule has 2 aliphatic heterocycles. The molecule has 22 heavy (non-hydrogen) atoms. The summed E-state index contributed by atoms with van der Waals surface area (Å²) >= 11 is 0. The molecule has 0 saturated carbocycles. The minimum atomic E-state index is -0.0473. The molecule has 4 rings (SSSR count). The molecular weight excluding hydrogens is 278 g/mol. The van der Waals surface area contributed by atoms with Crippen molar-refractivity contribution in [2.45, 2.75) is 32.1 Å². The summed E-state index contributed by atoms with van der Waals surface area (Å²) in [6.45, 7) is 5.62. The zero-order chi connectivity index (χ0) is 15.3. The number of benzene rings is 1. The number of nitrogens with one attached hydrogen (secondary N) is 1. The predicted octanol–water partition coefficient (Wildman–Crippen LogP) is 2.67. The highest BCUT2D eigenvalue weighted by Gasteiger charge is 2.36. The van der Waals surface area contributed by atoms with E-state index >= 15 is 0 Å². The van der Waals surface area contributed by atoms with Crippen LogP contribution in [-0.2, 0) is 11.8 Å². The van der Waals surface area contributed by atoms with Gasteiger partial charge in [0.05, 0.1) is 29.7 Å². The van der Waals surface area contributed by atoms with E-state index in [0.717, 1.165) is 42.1 Å².